The van der Waals surface area contributed by atoms with Gasteiger partial charge in [0, 0.05) is 26.2 Å². The van der Waals surface area contributed by atoms with Gasteiger partial charge in [-0.1, -0.05) is 6.92 Å². The van der Waals surface area contributed by atoms with E-state index in [-0.39, 0.29) is 36.7 Å². The molecule has 1 heterocycles. The fourth-order valence-electron chi connectivity index (χ4n) is 2.07. The van der Waals surface area contributed by atoms with Crippen LogP contribution in [0.4, 0.5) is 4.79 Å². The van der Waals surface area contributed by atoms with Gasteiger partial charge in [0.1, 0.15) is 0 Å². The Kier molecular flexibility index (Phi) is 4.78. The van der Waals surface area contributed by atoms with Gasteiger partial charge in [-0.3, -0.25) is 4.79 Å². The monoisotopic (exact) mass is 292 g/mol. The number of hydrogen-bond acceptors (Lipinski definition) is 4. The summed E-state index contributed by atoms with van der Waals surface area (Å²) in [5.74, 6) is -1.70. The number of hydrogen-bond donors (Lipinski definition) is 1. The van der Waals surface area contributed by atoms with Crippen LogP contribution in [-0.4, -0.2) is 73.0 Å². The number of aliphatic carboxylic acids is 1. The molecule has 1 saturated heterocycles. The molecule has 0 saturated carbocycles. The normalized spacial score (nSPS) is 23.7. The van der Waals surface area contributed by atoms with E-state index in [1.807, 2.05) is 0 Å². The number of carbonyl (C=O) groups excluding carboxylic acids is 1. The molecule has 8 heteroatoms. The highest BCUT2D eigenvalue weighted by Crippen LogP contribution is 2.14. The van der Waals surface area contributed by atoms with Crippen LogP contribution in [0, 0.1) is 5.92 Å². The highest BCUT2D eigenvalue weighted by Gasteiger charge is 2.33. The second-order valence-electron chi connectivity index (χ2n) is 5.06. The van der Waals surface area contributed by atoms with E-state index in [9.17, 15) is 18.0 Å². The molecular weight excluding hydrogens is 272 g/mol. The van der Waals surface area contributed by atoms with Gasteiger partial charge in [0.05, 0.1) is 17.4 Å². The number of rotatable bonds is 3. The van der Waals surface area contributed by atoms with Crippen LogP contribution in [0.15, 0.2) is 0 Å². The number of sulfone groups is 1. The quantitative estimate of drug-likeness (QED) is 0.782. The second kappa shape index (κ2) is 5.77. The fraction of sp³-hybridized carbons (Fsp3) is 0.818. The molecule has 2 atom stereocenters. The molecule has 0 aromatic rings. The summed E-state index contributed by atoms with van der Waals surface area (Å²) in [6.07, 6.45) is 0. The summed E-state index contributed by atoms with van der Waals surface area (Å²) in [6, 6.07) is -0.704. The van der Waals surface area contributed by atoms with Gasteiger partial charge in [-0.25, -0.2) is 13.2 Å². The highest BCUT2D eigenvalue weighted by molar-refractivity contribution is 7.91. The van der Waals surface area contributed by atoms with Gasteiger partial charge in [0.15, 0.2) is 9.84 Å². The topological polar surface area (TPSA) is 95.0 Å². The molecular formula is C11H20N2O5S. The molecule has 7 nitrogen and oxygen atoms in total. The third kappa shape index (κ3) is 4.09. The summed E-state index contributed by atoms with van der Waals surface area (Å²) >= 11 is 0. The summed E-state index contributed by atoms with van der Waals surface area (Å²) in [5.41, 5.74) is 0. The predicted octanol–water partition coefficient (Wildman–Crippen LogP) is -0.122. The third-order valence-corrected chi connectivity index (χ3v) is 5.01. The summed E-state index contributed by atoms with van der Waals surface area (Å²) in [7, 11) is -1.54. The van der Waals surface area contributed by atoms with E-state index < -0.39 is 21.7 Å². The molecule has 110 valence electrons. The van der Waals surface area contributed by atoms with Crippen molar-refractivity contribution in [1.82, 2.24) is 9.80 Å². The third-order valence-electron chi connectivity index (χ3n) is 3.21. The maximum absolute atomic E-state index is 12.1. The Labute approximate surface area is 113 Å². The van der Waals surface area contributed by atoms with Crippen molar-refractivity contribution in [2.24, 2.45) is 5.92 Å². The van der Waals surface area contributed by atoms with Gasteiger partial charge in [-0.05, 0) is 6.92 Å². The maximum Gasteiger partial charge on any atom is 0.320 e. The van der Waals surface area contributed by atoms with E-state index in [0.29, 0.717) is 0 Å². The van der Waals surface area contributed by atoms with E-state index in [2.05, 4.69) is 0 Å². The average Bonchev–Trinajstić information content (AvgIpc) is 2.26. The molecule has 1 aliphatic heterocycles. The van der Waals surface area contributed by atoms with Crippen molar-refractivity contribution in [2.75, 3.05) is 31.6 Å². The largest absolute Gasteiger partial charge is 0.481 e. The van der Waals surface area contributed by atoms with Crippen LogP contribution in [0.3, 0.4) is 0 Å². The summed E-state index contributed by atoms with van der Waals surface area (Å²) in [5, 5.41) is 8.81. The molecule has 1 N–H and O–H groups in total. The molecule has 2 unspecified atom stereocenters. The van der Waals surface area contributed by atoms with Crippen LogP contribution in [0.5, 0.6) is 0 Å². The molecule has 0 bridgehead atoms. The molecule has 1 rings (SSSR count). The molecule has 1 fully saturated rings. The standard InChI is InChI=1S/C11H20N2O5S/c1-8(10(14)15)6-12(3)11(16)13-4-5-19(17,18)7-9(13)2/h8-9H,4-7H2,1-3H3,(H,14,15). The van der Waals surface area contributed by atoms with E-state index >= 15 is 0 Å². The minimum absolute atomic E-state index is 0.0363. The lowest BCUT2D eigenvalue weighted by Crippen LogP contribution is -2.54. The zero-order valence-electron chi connectivity index (χ0n) is 11.4. The number of carboxylic acids is 1. The van der Waals surface area contributed by atoms with Crippen molar-refractivity contribution in [3.8, 4) is 0 Å². The summed E-state index contributed by atoms with van der Waals surface area (Å²) in [6.45, 7) is 3.47. The summed E-state index contributed by atoms with van der Waals surface area (Å²) < 4.78 is 22.9. The van der Waals surface area contributed by atoms with Crippen LogP contribution < -0.4 is 0 Å². The van der Waals surface area contributed by atoms with Gasteiger partial charge >= 0.3 is 12.0 Å². The number of carboxylic acid groups (broad SMARTS) is 1. The number of carbonyl (C=O) groups is 2. The van der Waals surface area contributed by atoms with E-state index in [1.54, 1.807) is 6.92 Å². The molecule has 19 heavy (non-hydrogen) atoms. The highest BCUT2D eigenvalue weighted by atomic mass is 32.2. The van der Waals surface area contributed by atoms with Crippen molar-refractivity contribution in [3.05, 3.63) is 0 Å². The average molecular weight is 292 g/mol. The molecule has 1 aliphatic rings. The molecule has 0 aliphatic carbocycles. The Hall–Kier alpha value is -1.31. The first-order chi connectivity index (χ1) is 8.64. The van der Waals surface area contributed by atoms with E-state index in [4.69, 9.17) is 5.11 Å². The minimum Gasteiger partial charge on any atom is -0.481 e. The van der Waals surface area contributed by atoms with E-state index in [1.165, 1.54) is 23.8 Å². The Morgan fingerprint density at radius 3 is 2.53 bits per heavy atom. The van der Waals surface area contributed by atoms with Gasteiger partial charge in [-0.15, -0.1) is 0 Å². The molecule has 0 aromatic heterocycles. The van der Waals surface area contributed by atoms with Crippen molar-refractivity contribution in [2.45, 2.75) is 19.9 Å². The predicted molar refractivity (Wildman–Crippen MR) is 69.6 cm³/mol. The molecule has 2 amide bonds. The first-order valence-corrected chi connectivity index (χ1v) is 7.91. The first kappa shape index (κ1) is 15.7. The van der Waals surface area contributed by atoms with Gasteiger partial charge in [0.2, 0.25) is 0 Å². The lowest BCUT2D eigenvalue weighted by Gasteiger charge is -2.36. The lowest BCUT2D eigenvalue weighted by atomic mass is 10.2. The Morgan fingerprint density at radius 2 is 2.05 bits per heavy atom. The Morgan fingerprint density at radius 1 is 1.47 bits per heavy atom. The van der Waals surface area contributed by atoms with Crippen LogP contribution >= 0.6 is 0 Å². The Balaban J connectivity index is 2.65. The molecule has 0 spiro atoms. The summed E-state index contributed by atoms with van der Waals surface area (Å²) in [4.78, 5) is 25.7. The molecule has 0 aromatic carbocycles. The minimum atomic E-state index is -3.07. The SMILES string of the molecule is CC(CN(C)C(=O)N1CCS(=O)(=O)CC1C)C(=O)O. The van der Waals surface area contributed by atoms with Crippen molar-refractivity contribution in [3.63, 3.8) is 0 Å². The van der Waals surface area contributed by atoms with Crippen LogP contribution in [0.2, 0.25) is 0 Å². The van der Waals surface area contributed by atoms with E-state index in [0.717, 1.165) is 0 Å². The van der Waals surface area contributed by atoms with Crippen molar-refractivity contribution in [1.29, 1.82) is 0 Å². The van der Waals surface area contributed by atoms with Crippen molar-refractivity contribution >= 4 is 21.8 Å². The van der Waals surface area contributed by atoms with Gasteiger partial charge in [-0.2, -0.15) is 0 Å². The Bertz CT molecular complexity index is 462. The number of nitrogens with zero attached hydrogens (tertiary/aromatic N) is 2. The molecule has 0 radical (unpaired) electrons. The van der Waals surface area contributed by atoms with Gasteiger partial charge < -0.3 is 14.9 Å². The zero-order chi connectivity index (χ0) is 14.8. The van der Waals surface area contributed by atoms with Crippen molar-refractivity contribution < 1.29 is 23.1 Å². The van der Waals surface area contributed by atoms with Gasteiger partial charge in [0.25, 0.3) is 0 Å². The number of amides is 2. The fourth-order valence-corrected chi connectivity index (χ4v) is 3.63. The van der Waals surface area contributed by atoms with Crippen LogP contribution in [0.1, 0.15) is 13.8 Å². The number of urea groups is 1. The van der Waals surface area contributed by atoms with Crippen LogP contribution in [-0.2, 0) is 14.6 Å². The first-order valence-electron chi connectivity index (χ1n) is 6.09. The smallest absolute Gasteiger partial charge is 0.320 e. The second-order valence-corrected chi connectivity index (χ2v) is 7.29. The zero-order valence-corrected chi connectivity index (χ0v) is 12.2. The van der Waals surface area contributed by atoms with Crippen LogP contribution in [0.25, 0.3) is 0 Å². The lowest BCUT2D eigenvalue weighted by molar-refractivity contribution is -0.141. The maximum atomic E-state index is 12.1.